The summed E-state index contributed by atoms with van der Waals surface area (Å²) in [5.41, 5.74) is 1.86. The lowest BCUT2D eigenvalue weighted by Crippen LogP contribution is -2.48. The number of hydrogen-bond donors (Lipinski definition) is 0. The van der Waals surface area contributed by atoms with Crippen LogP contribution in [-0.4, -0.2) is 79.3 Å². The summed E-state index contributed by atoms with van der Waals surface area (Å²) >= 11 is 0. The maximum absolute atomic E-state index is 13.0. The summed E-state index contributed by atoms with van der Waals surface area (Å²) in [6.07, 6.45) is 3.90. The number of likely N-dealkylation sites (tertiary alicyclic amines) is 1. The highest BCUT2D eigenvalue weighted by molar-refractivity contribution is 5.79. The van der Waals surface area contributed by atoms with Gasteiger partial charge in [0, 0.05) is 37.7 Å². The SMILES string of the molecule is COc1ccc(-c2ccc(N3CCC(C(=O)N(C)C4CCN(C)CC4)CC3)nn2)cc1. The Morgan fingerprint density at radius 3 is 2.23 bits per heavy atom. The molecule has 1 amide bonds. The minimum Gasteiger partial charge on any atom is -0.497 e. The first-order chi connectivity index (χ1) is 15.0. The predicted molar refractivity (Wildman–Crippen MR) is 122 cm³/mol. The number of carbonyl (C=O) groups is 1. The molecule has 7 nitrogen and oxygen atoms in total. The van der Waals surface area contributed by atoms with Gasteiger partial charge in [0.05, 0.1) is 12.8 Å². The van der Waals surface area contributed by atoms with Crippen molar-refractivity contribution in [3.63, 3.8) is 0 Å². The molecule has 166 valence electrons. The quantitative estimate of drug-likeness (QED) is 0.737. The van der Waals surface area contributed by atoms with Gasteiger partial charge < -0.3 is 19.4 Å². The minimum atomic E-state index is 0.118. The summed E-state index contributed by atoms with van der Waals surface area (Å²) in [6, 6.07) is 12.2. The standard InChI is InChI=1S/C24H33N5O2/c1-27-14-12-20(13-15-27)28(2)24(30)19-10-16-29(17-11-19)23-9-8-22(25-26-23)18-4-6-21(31-3)7-5-18/h4-9,19-20H,10-17H2,1-3H3. The third kappa shape index (κ3) is 4.98. The van der Waals surface area contributed by atoms with Crippen LogP contribution in [0, 0.1) is 5.92 Å². The molecular weight excluding hydrogens is 390 g/mol. The van der Waals surface area contributed by atoms with E-state index in [1.54, 1.807) is 7.11 Å². The van der Waals surface area contributed by atoms with E-state index in [1.165, 1.54) is 0 Å². The molecule has 7 heteroatoms. The lowest BCUT2D eigenvalue weighted by Gasteiger charge is -2.38. The molecule has 2 fully saturated rings. The molecule has 2 aliphatic heterocycles. The van der Waals surface area contributed by atoms with Crippen LogP contribution in [0.25, 0.3) is 11.3 Å². The Kier molecular flexibility index (Phi) is 6.70. The highest BCUT2D eigenvalue weighted by Crippen LogP contribution is 2.26. The fourth-order valence-electron chi connectivity index (χ4n) is 4.62. The molecule has 4 rings (SSSR count). The van der Waals surface area contributed by atoms with Crippen LogP contribution >= 0.6 is 0 Å². The van der Waals surface area contributed by atoms with Crippen molar-refractivity contribution >= 4 is 11.7 Å². The number of aromatic nitrogens is 2. The number of rotatable bonds is 5. The van der Waals surface area contributed by atoms with E-state index in [2.05, 4.69) is 27.0 Å². The third-order valence-electron chi connectivity index (χ3n) is 6.79. The van der Waals surface area contributed by atoms with Crippen LogP contribution in [-0.2, 0) is 4.79 Å². The number of methoxy groups -OCH3 is 1. The van der Waals surface area contributed by atoms with Crippen molar-refractivity contribution in [1.82, 2.24) is 20.0 Å². The zero-order valence-corrected chi connectivity index (χ0v) is 18.8. The van der Waals surface area contributed by atoms with E-state index in [9.17, 15) is 4.79 Å². The summed E-state index contributed by atoms with van der Waals surface area (Å²) in [7, 11) is 5.81. The fraction of sp³-hybridized carbons (Fsp3) is 0.542. The Balaban J connectivity index is 1.31. The molecule has 0 spiro atoms. The minimum absolute atomic E-state index is 0.118. The number of ether oxygens (including phenoxy) is 1. The maximum atomic E-state index is 13.0. The average molecular weight is 424 g/mol. The van der Waals surface area contributed by atoms with Crippen LogP contribution < -0.4 is 9.64 Å². The van der Waals surface area contributed by atoms with Crippen molar-refractivity contribution in [3.05, 3.63) is 36.4 Å². The van der Waals surface area contributed by atoms with Crippen molar-refractivity contribution in [1.29, 1.82) is 0 Å². The normalized spacial score (nSPS) is 18.7. The molecule has 31 heavy (non-hydrogen) atoms. The summed E-state index contributed by atoms with van der Waals surface area (Å²) in [4.78, 5) is 19.6. The van der Waals surface area contributed by atoms with Gasteiger partial charge in [-0.25, -0.2) is 0 Å². The molecule has 0 aliphatic carbocycles. The lowest BCUT2D eigenvalue weighted by atomic mass is 9.93. The number of piperidine rings is 2. The van der Waals surface area contributed by atoms with E-state index >= 15 is 0 Å². The lowest BCUT2D eigenvalue weighted by molar-refractivity contribution is -0.137. The highest BCUT2D eigenvalue weighted by atomic mass is 16.5. The number of carbonyl (C=O) groups excluding carboxylic acids is 1. The van der Waals surface area contributed by atoms with E-state index < -0.39 is 0 Å². The molecule has 0 radical (unpaired) electrons. The first-order valence-electron chi connectivity index (χ1n) is 11.2. The van der Waals surface area contributed by atoms with Gasteiger partial charge in [-0.1, -0.05) is 0 Å². The summed E-state index contributed by atoms with van der Waals surface area (Å²) in [5, 5.41) is 8.87. The van der Waals surface area contributed by atoms with Crippen molar-refractivity contribution in [2.75, 3.05) is 52.3 Å². The number of hydrogen-bond acceptors (Lipinski definition) is 6. The van der Waals surface area contributed by atoms with E-state index in [-0.39, 0.29) is 5.92 Å². The van der Waals surface area contributed by atoms with Gasteiger partial charge in [0.15, 0.2) is 5.82 Å². The molecule has 0 N–H and O–H groups in total. The fourth-order valence-corrected chi connectivity index (χ4v) is 4.62. The molecule has 0 unspecified atom stereocenters. The Hall–Kier alpha value is -2.67. The molecule has 2 aliphatic rings. The van der Waals surface area contributed by atoms with Crippen molar-refractivity contribution < 1.29 is 9.53 Å². The monoisotopic (exact) mass is 423 g/mol. The van der Waals surface area contributed by atoms with E-state index in [1.807, 2.05) is 48.3 Å². The first-order valence-corrected chi connectivity index (χ1v) is 11.2. The van der Waals surface area contributed by atoms with Gasteiger partial charge in [-0.2, -0.15) is 0 Å². The predicted octanol–water partition coefficient (Wildman–Crippen LogP) is 2.92. The summed E-state index contributed by atoms with van der Waals surface area (Å²) in [5.74, 6) is 2.14. The highest BCUT2D eigenvalue weighted by Gasteiger charge is 2.31. The van der Waals surface area contributed by atoms with Gasteiger partial charge in [0.25, 0.3) is 0 Å². The molecule has 3 heterocycles. The van der Waals surface area contributed by atoms with Crippen molar-refractivity contribution in [3.8, 4) is 17.0 Å². The molecule has 0 atom stereocenters. The van der Waals surface area contributed by atoms with Crippen LogP contribution in [0.4, 0.5) is 5.82 Å². The molecular formula is C24H33N5O2. The van der Waals surface area contributed by atoms with Gasteiger partial charge in [-0.15, -0.1) is 10.2 Å². The molecule has 2 aromatic rings. The van der Waals surface area contributed by atoms with Crippen LogP contribution in [0.15, 0.2) is 36.4 Å². The van der Waals surface area contributed by atoms with Crippen molar-refractivity contribution in [2.24, 2.45) is 5.92 Å². The average Bonchev–Trinajstić information content (AvgIpc) is 2.84. The molecule has 0 saturated carbocycles. The van der Waals surface area contributed by atoms with Crippen LogP contribution in [0.2, 0.25) is 0 Å². The number of amides is 1. The zero-order chi connectivity index (χ0) is 21.8. The first kappa shape index (κ1) is 21.6. The van der Waals surface area contributed by atoms with E-state index in [4.69, 9.17) is 4.74 Å². The Morgan fingerprint density at radius 2 is 1.65 bits per heavy atom. The van der Waals surface area contributed by atoms with Gasteiger partial charge >= 0.3 is 0 Å². The largest absolute Gasteiger partial charge is 0.497 e. The third-order valence-corrected chi connectivity index (χ3v) is 6.79. The zero-order valence-electron chi connectivity index (χ0n) is 18.8. The topological polar surface area (TPSA) is 61.8 Å². The smallest absolute Gasteiger partial charge is 0.225 e. The Bertz CT molecular complexity index is 855. The van der Waals surface area contributed by atoms with E-state index in [0.29, 0.717) is 11.9 Å². The second-order valence-electron chi connectivity index (χ2n) is 8.75. The number of benzene rings is 1. The van der Waals surface area contributed by atoms with Gasteiger partial charge in [0.2, 0.25) is 5.91 Å². The van der Waals surface area contributed by atoms with Crippen LogP contribution in [0.5, 0.6) is 5.75 Å². The van der Waals surface area contributed by atoms with Crippen LogP contribution in [0.1, 0.15) is 25.7 Å². The van der Waals surface area contributed by atoms with Gasteiger partial charge in [-0.3, -0.25) is 4.79 Å². The van der Waals surface area contributed by atoms with E-state index in [0.717, 1.165) is 74.7 Å². The van der Waals surface area contributed by atoms with Crippen LogP contribution in [0.3, 0.4) is 0 Å². The molecule has 2 saturated heterocycles. The van der Waals surface area contributed by atoms with Crippen molar-refractivity contribution in [2.45, 2.75) is 31.7 Å². The maximum Gasteiger partial charge on any atom is 0.225 e. The van der Waals surface area contributed by atoms with Gasteiger partial charge in [0.1, 0.15) is 5.75 Å². The second-order valence-corrected chi connectivity index (χ2v) is 8.75. The summed E-state index contributed by atoms with van der Waals surface area (Å²) < 4.78 is 5.21. The Labute approximate surface area is 185 Å². The Morgan fingerprint density at radius 1 is 0.968 bits per heavy atom. The molecule has 1 aromatic heterocycles. The second kappa shape index (κ2) is 9.64. The number of nitrogens with zero attached hydrogens (tertiary/aromatic N) is 5. The molecule has 0 bridgehead atoms. The summed E-state index contributed by atoms with van der Waals surface area (Å²) in [6.45, 7) is 3.83. The number of anilines is 1. The molecule has 1 aromatic carbocycles. The van der Waals surface area contributed by atoms with Gasteiger partial charge in [-0.05, 0) is 82.2 Å².